The second kappa shape index (κ2) is 9.33. The summed E-state index contributed by atoms with van der Waals surface area (Å²) in [5, 5.41) is 4.16. The number of rotatable bonds is 8. The fourth-order valence-electron chi connectivity index (χ4n) is 2.45. The molecule has 0 spiro atoms. The van der Waals surface area contributed by atoms with Crippen LogP contribution in [0.4, 0.5) is 5.95 Å². The van der Waals surface area contributed by atoms with Crippen LogP contribution in [0.15, 0.2) is 70.6 Å². The maximum absolute atomic E-state index is 11.9. The molecule has 3 aromatic rings. The first-order valence-electron chi connectivity index (χ1n) is 8.93. The molecule has 2 N–H and O–H groups in total. The van der Waals surface area contributed by atoms with Crippen LogP contribution in [0.3, 0.4) is 0 Å². The van der Waals surface area contributed by atoms with Crippen molar-refractivity contribution in [1.82, 2.24) is 9.97 Å². The van der Waals surface area contributed by atoms with Gasteiger partial charge in [-0.1, -0.05) is 55.8 Å². The molecule has 0 amide bonds. The Kier molecular flexibility index (Phi) is 6.35. The lowest BCUT2D eigenvalue weighted by atomic mass is 10.1. The van der Waals surface area contributed by atoms with E-state index >= 15 is 0 Å². The van der Waals surface area contributed by atoms with E-state index in [1.165, 1.54) is 6.07 Å². The van der Waals surface area contributed by atoms with Gasteiger partial charge in [-0.05, 0) is 24.1 Å². The summed E-state index contributed by atoms with van der Waals surface area (Å²) >= 11 is 0. The number of anilines is 1. The molecule has 0 radical (unpaired) electrons. The van der Waals surface area contributed by atoms with Gasteiger partial charge in [0.2, 0.25) is 5.95 Å². The van der Waals surface area contributed by atoms with Gasteiger partial charge in [0.25, 0.3) is 5.56 Å². The topological polar surface area (TPSA) is 79.4 Å². The van der Waals surface area contributed by atoms with Gasteiger partial charge >= 0.3 is 0 Å². The van der Waals surface area contributed by atoms with E-state index in [9.17, 15) is 4.79 Å². The zero-order valence-corrected chi connectivity index (χ0v) is 15.2. The van der Waals surface area contributed by atoms with E-state index in [1.807, 2.05) is 54.6 Å². The Balaban J connectivity index is 1.69. The van der Waals surface area contributed by atoms with Crippen LogP contribution in [0, 0.1) is 0 Å². The van der Waals surface area contributed by atoms with Crippen LogP contribution in [0.25, 0.3) is 11.3 Å². The quantitative estimate of drug-likeness (QED) is 0.360. The van der Waals surface area contributed by atoms with Crippen LogP contribution in [0.1, 0.15) is 25.3 Å². The molecule has 0 aliphatic rings. The lowest BCUT2D eigenvalue weighted by molar-refractivity contribution is 0.309. The predicted molar refractivity (Wildman–Crippen MR) is 108 cm³/mol. The SMILES string of the molecule is CCCCOc1cccc(/C=N\Nc2nc(-c3ccccc3)cc(=O)[nH]2)c1. The Morgan fingerprint density at radius 1 is 1.15 bits per heavy atom. The number of aromatic amines is 1. The Hall–Kier alpha value is -3.41. The highest BCUT2D eigenvalue weighted by Crippen LogP contribution is 2.15. The van der Waals surface area contributed by atoms with E-state index in [0.29, 0.717) is 12.3 Å². The maximum Gasteiger partial charge on any atom is 0.252 e. The Morgan fingerprint density at radius 3 is 2.81 bits per heavy atom. The van der Waals surface area contributed by atoms with E-state index in [1.54, 1.807) is 6.21 Å². The van der Waals surface area contributed by atoms with Crippen molar-refractivity contribution < 1.29 is 4.74 Å². The molecule has 0 saturated heterocycles. The van der Waals surface area contributed by atoms with Gasteiger partial charge in [0.05, 0.1) is 18.5 Å². The molecule has 27 heavy (non-hydrogen) atoms. The van der Waals surface area contributed by atoms with Crippen molar-refractivity contribution in [2.24, 2.45) is 5.10 Å². The molecule has 6 heteroatoms. The van der Waals surface area contributed by atoms with Crippen molar-refractivity contribution in [2.45, 2.75) is 19.8 Å². The lowest BCUT2D eigenvalue weighted by Gasteiger charge is -2.06. The van der Waals surface area contributed by atoms with Crippen LogP contribution in [-0.4, -0.2) is 22.8 Å². The molecule has 1 heterocycles. The van der Waals surface area contributed by atoms with Gasteiger partial charge < -0.3 is 4.74 Å². The number of hydrogen-bond donors (Lipinski definition) is 2. The van der Waals surface area contributed by atoms with E-state index in [4.69, 9.17) is 4.74 Å². The highest BCUT2D eigenvalue weighted by molar-refractivity contribution is 5.80. The number of benzene rings is 2. The van der Waals surface area contributed by atoms with Crippen LogP contribution in [-0.2, 0) is 0 Å². The highest BCUT2D eigenvalue weighted by Gasteiger charge is 2.03. The van der Waals surface area contributed by atoms with Gasteiger partial charge in [-0.2, -0.15) is 5.10 Å². The van der Waals surface area contributed by atoms with Gasteiger partial charge in [0, 0.05) is 11.6 Å². The van der Waals surface area contributed by atoms with Gasteiger partial charge in [-0.15, -0.1) is 0 Å². The number of ether oxygens (including phenoxy) is 1. The number of nitrogens with one attached hydrogen (secondary N) is 2. The molecule has 0 unspecified atom stereocenters. The first kappa shape index (κ1) is 18.4. The Bertz CT molecular complexity index is 952. The summed E-state index contributed by atoms with van der Waals surface area (Å²) in [6.45, 7) is 2.83. The fraction of sp³-hybridized carbons (Fsp3) is 0.190. The number of hydrazone groups is 1. The molecule has 138 valence electrons. The van der Waals surface area contributed by atoms with Crippen LogP contribution in [0.2, 0.25) is 0 Å². The van der Waals surface area contributed by atoms with Crippen LogP contribution in [0.5, 0.6) is 5.75 Å². The minimum absolute atomic E-state index is 0.243. The van der Waals surface area contributed by atoms with Crippen LogP contribution < -0.4 is 15.7 Å². The molecule has 0 aliphatic heterocycles. The molecule has 1 aromatic heterocycles. The third kappa shape index (κ3) is 5.54. The van der Waals surface area contributed by atoms with Crippen molar-refractivity contribution in [2.75, 3.05) is 12.0 Å². The van der Waals surface area contributed by atoms with Gasteiger partial charge in [-0.3, -0.25) is 9.78 Å². The summed E-state index contributed by atoms with van der Waals surface area (Å²) in [5.41, 5.74) is 4.88. The number of nitrogens with zero attached hydrogens (tertiary/aromatic N) is 2. The summed E-state index contributed by atoms with van der Waals surface area (Å²) in [5.74, 6) is 1.10. The Labute approximate surface area is 157 Å². The average Bonchev–Trinajstić information content (AvgIpc) is 2.69. The first-order valence-corrected chi connectivity index (χ1v) is 8.93. The molecule has 0 aliphatic carbocycles. The average molecular weight is 362 g/mol. The number of H-pyrrole nitrogens is 1. The molecule has 6 nitrogen and oxygen atoms in total. The normalized spacial score (nSPS) is 10.9. The smallest absolute Gasteiger partial charge is 0.252 e. The standard InChI is InChI=1S/C21H22N4O2/c1-2-3-12-27-18-11-7-8-16(13-18)15-22-25-21-23-19(14-20(26)24-21)17-9-5-4-6-10-17/h4-11,13-15H,2-3,12H2,1H3,(H2,23,24,25,26)/b22-15-. The number of aromatic nitrogens is 2. The second-order valence-corrected chi connectivity index (χ2v) is 5.99. The van der Waals surface area contributed by atoms with Crippen molar-refractivity contribution in [3.05, 3.63) is 76.6 Å². The minimum Gasteiger partial charge on any atom is -0.494 e. The maximum atomic E-state index is 11.9. The van der Waals surface area contributed by atoms with Gasteiger partial charge in [0.15, 0.2) is 0 Å². The fourth-order valence-corrected chi connectivity index (χ4v) is 2.45. The first-order chi connectivity index (χ1) is 13.2. The number of unbranched alkanes of at least 4 members (excludes halogenated alkanes) is 1. The molecule has 0 fully saturated rings. The largest absolute Gasteiger partial charge is 0.494 e. The van der Waals surface area contributed by atoms with E-state index in [0.717, 1.165) is 29.7 Å². The molecule has 2 aromatic carbocycles. The molecule has 3 rings (SSSR count). The predicted octanol–water partition coefficient (Wildman–Crippen LogP) is 4.06. The van der Waals surface area contributed by atoms with E-state index < -0.39 is 0 Å². The molecular formula is C21H22N4O2. The second-order valence-electron chi connectivity index (χ2n) is 5.99. The van der Waals surface area contributed by atoms with E-state index in [2.05, 4.69) is 27.4 Å². The van der Waals surface area contributed by atoms with Crippen molar-refractivity contribution >= 4 is 12.2 Å². The number of hydrogen-bond acceptors (Lipinski definition) is 5. The third-order valence-electron chi connectivity index (χ3n) is 3.82. The van der Waals surface area contributed by atoms with Crippen molar-refractivity contribution in [3.63, 3.8) is 0 Å². The monoisotopic (exact) mass is 362 g/mol. The van der Waals surface area contributed by atoms with Gasteiger partial charge in [-0.25, -0.2) is 10.4 Å². The van der Waals surface area contributed by atoms with Gasteiger partial charge in [0.1, 0.15) is 5.75 Å². The molecule has 0 atom stereocenters. The zero-order valence-electron chi connectivity index (χ0n) is 15.2. The summed E-state index contributed by atoms with van der Waals surface area (Å²) in [7, 11) is 0. The molecule has 0 bridgehead atoms. The lowest BCUT2D eigenvalue weighted by Crippen LogP contribution is -2.10. The van der Waals surface area contributed by atoms with Crippen molar-refractivity contribution in [3.8, 4) is 17.0 Å². The van der Waals surface area contributed by atoms with Crippen LogP contribution >= 0.6 is 0 Å². The van der Waals surface area contributed by atoms with E-state index in [-0.39, 0.29) is 11.5 Å². The highest BCUT2D eigenvalue weighted by atomic mass is 16.5. The zero-order chi connectivity index (χ0) is 18.9. The minimum atomic E-state index is -0.243. The summed E-state index contributed by atoms with van der Waals surface area (Å²) in [6.07, 6.45) is 3.77. The third-order valence-corrected chi connectivity index (χ3v) is 3.82. The van der Waals surface area contributed by atoms with Crippen molar-refractivity contribution in [1.29, 1.82) is 0 Å². The summed E-state index contributed by atoms with van der Waals surface area (Å²) < 4.78 is 5.69. The summed E-state index contributed by atoms with van der Waals surface area (Å²) in [6, 6.07) is 18.7. The molecular weight excluding hydrogens is 340 g/mol. The Morgan fingerprint density at radius 2 is 2.00 bits per heavy atom. The molecule has 0 saturated carbocycles. The summed E-state index contributed by atoms with van der Waals surface area (Å²) in [4.78, 5) is 18.9.